The number of nitrogens with zero attached hydrogens (tertiary/aromatic N) is 1. The number of aromatic amines is 1. The minimum Gasteiger partial charge on any atom is -0.492 e. The van der Waals surface area contributed by atoms with E-state index in [4.69, 9.17) is 10.5 Å². The quantitative estimate of drug-likeness (QED) is 0.296. The lowest BCUT2D eigenvalue weighted by atomic mass is 9.96. The molecule has 1 amide bonds. The molecule has 7 nitrogen and oxygen atoms in total. The van der Waals surface area contributed by atoms with Gasteiger partial charge in [-0.05, 0) is 73.6 Å². The first-order chi connectivity index (χ1) is 16.5. The lowest BCUT2D eigenvalue weighted by Gasteiger charge is -2.12. The van der Waals surface area contributed by atoms with Crippen molar-refractivity contribution in [3.63, 3.8) is 0 Å². The lowest BCUT2D eigenvalue weighted by Crippen LogP contribution is -2.25. The average molecular weight is 457 g/mol. The van der Waals surface area contributed by atoms with E-state index in [-0.39, 0.29) is 5.91 Å². The first-order valence-corrected chi connectivity index (χ1v) is 11.6. The van der Waals surface area contributed by atoms with Gasteiger partial charge < -0.3 is 25.6 Å². The Bertz CT molecular complexity index is 1400. The second-order valence-electron chi connectivity index (χ2n) is 9.13. The number of nitrogen functional groups attached to an aromatic ring is 1. The van der Waals surface area contributed by atoms with Gasteiger partial charge in [-0.3, -0.25) is 4.79 Å². The predicted octanol–water partition coefficient (Wildman–Crippen LogP) is 4.77. The Morgan fingerprint density at radius 3 is 2.65 bits per heavy atom. The number of anilines is 1. The molecular weight excluding hydrogens is 428 g/mol. The van der Waals surface area contributed by atoms with E-state index in [1.165, 1.54) is 0 Å². The van der Waals surface area contributed by atoms with Crippen LogP contribution in [0.2, 0.25) is 0 Å². The normalized spacial score (nSPS) is 15.0. The van der Waals surface area contributed by atoms with Crippen molar-refractivity contribution in [1.82, 2.24) is 15.3 Å². The van der Waals surface area contributed by atoms with Crippen LogP contribution in [0.3, 0.4) is 0 Å². The van der Waals surface area contributed by atoms with Crippen LogP contribution in [0.4, 0.5) is 5.69 Å². The second-order valence-corrected chi connectivity index (χ2v) is 9.13. The third kappa shape index (κ3) is 4.33. The Kier molecular flexibility index (Phi) is 5.69. The Morgan fingerprint density at radius 1 is 1.21 bits per heavy atom. The maximum Gasteiger partial charge on any atom is 0.251 e. The summed E-state index contributed by atoms with van der Waals surface area (Å²) in [6.07, 6.45) is 7.26. The molecule has 34 heavy (non-hydrogen) atoms. The van der Waals surface area contributed by atoms with Crippen molar-refractivity contribution in [2.24, 2.45) is 5.92 Å². The third-order valence-corrected chi connectivity index (χ3v) is 6.21. The van der Waals surface area contributed by atoms with Gasteiger partial charge in [0.05, 0.1) is 18.3 Å². The summed E-state index contributed by atoms with van der Waals surface area (Å²) in [6.45, 7) is 2.02. The summed E-state index contributed by atoms with van der Waals surface area (Å²) in [7, 11) is 1.61. The van der Waals surface area contributed by atoms with Crippen LogP contribution in [0.1, 0.15) is 41.6 Å². The van der Waals surface area contributed by atoms with E-state index >= 15 is 0 Å². The molecule has 174 valence electrons. The zero-order valence-corrected chi connectivity index (χ0v) is 19.4. The van der Waals surface area contributed by atoms with Crippen molar-refractivity contribution in [3.8, 4) is 16.9 Å². The first-order valence-electron chi connectivity index (χ1n) is 11.6. The largest absolute Gasteiger partial charge is 0.492 e. The van der Waals surface area contributed by atoms with Crippen LogP contribution in [-0.2, 0) is 4.79 Å². The van der Waals surface area contributed by atoms with Crippen molar-refractivity contribution >= 4 is 39.8 Å². The molecule has 2 saturated carbocycles. The number of pyridine rings is 1. The number of hydrogen-bond acceptors (Lipinski definition) is 5. The number of H-pyrrole nitrogens is 1. The lowest BCUT2D eigenvalue weighted by molar-refractivity contribution is -0.108. The summed E-state index contributed by atoms with van der Waals surface area (Å²) in [5, 5.41) is 5.04. The summed E-state index contributed by atoms with van der Waals surface area (Å²) in [5.41, 5.74) is 12.0. The van der Waals surface area contributed by atoms with Crippen molar-refractivity contribution in [2.75, 3.05) is 12.8 Å². The summed E-state index contributed by atoms with van der Waals surface area (Å²) in [5.74, 6) is 1.01. The molecule has 0 atom stereocenters. The standard InChI is InChI=1S/C23H22N4O2.C4H6O/c1-12-8-17-19-16(10-18(24)21(29-2)20(19)27-22(17)25-11-12)13-4-3-5-14(9-13)23(28)26-15-6-7-15;5-3-4-1-2-4/h3-5,8-11,15H,6-7,24H2,1-2H3,(H,25,27)(H,26,28);3-4H,1-2H2. The van der Waals surface area contributed by atoms with Crippen molar-refractivity contribution in [2.45, 2.75) is 38.6 Å². The number of carbonyl (C=O) groups is 2. The number of benzene rings is 2. The number of aldehydes is 1. The molecule has 0 bridgehead atoms. The van der Waals surface area contributed by atoms with E-state index in [1.54, 1.807) is 7.11 Å². The van der Waals surface area contributed by atoms with Gasteiger partial charge in [0.2, 0.25) is 0 Å². The summed E-state index contributed by atoms with van der Waals surface area (Å²) >= 11 is 0. The molecule has 2 aliphatic rings. The average Bonchev–Trinajstić information content (AvgIpc) is 3.77. The van der Waals surface area contributed by atoms with E-state index in [0.717, 1.165) is 70.6 Å². The Labute approximate surface area is 197 Å². The molecule has 2 fully saturated rings. The van der Waals surface area contributed by atoms with Gasteiger partial charge in [0.1, 0.15) is 11.9 Å². The Balaban J connectivity index is 0.000000429. The number of amides is 1. The molecule has 0 saturated heterocycles. The van der Waals surface area contributed by atoms with Gasteiger partial charge in [0, 0.05) is 34.5 Å². The fourth-order valence-corrected chi connectivity index (χ4v) is 4.07. The molecule has 0 spiro atoms. The van der Waals surface area contributed by atoms with Gasteiger partial charge in [0.15, 0.2) is 5.75 Å². The van der Waals surface area contributed by atoms with Gasteiger partial charge in [-0.1, -0.05) is 12.1 Å². The van der Waals surface area contributed by atoms with Crippen LogP contribution in [0.25, 0.3) is 33.1 Å². The highest BCUT2D eigenvalue weighted by Gasteiger charge is 2.24. The molecular formula is C27H28N4O3. The van der Waals surface area contributed by atoms with Crippen LogP contribution in [0.15, 0.2) is 42.6 Å². The maximum atomic E-state index is 12.5. The molecule has 0 radical (unpaired) electrons. The minimum atomic E-state index is -0.0384. The maximum absolute atomic E-state index is 12.5. The fourth-order valence-electron chi connectivity index (χ4n) is 4.07. The van der Waals surface area contributed by atoms with E-state index < -0.39 is 0 Å². The van der Waals surface area contributed by atoms with Gasteiger partial charge in [-0.15, -0.1) is 0 Å². The van der Waals surface area contributed by atoms with Gasteiger partial charge in [-0.2, -0.15) is 0 Å². The highest BCUT2D eigenvalue weighted by Crippen LogP contribution is 2.42. The molecule has 0 unspecified atom stereocenters. The summed E-state index contributed by atoms with van der Waals surface area (Å²) < 4.78 is 5.57. The second kappa shape index (κ2) is 8.82. The fraction of sp³-hybridized carbons (Fsp3) is 0.296. The molecule has 2 heterocycles. The number of ether oxygens (including phenoxy) is 1. The van der Waals surface area contributed by atoms with E-state index in [2.05, 4.69) is 21.4 Å². The number of hydrogen-bond donors (Lipinski definition) is 3. The molecule has 2 aromatic heterocycles. The highest BCUT2D eigenvalue weighted by atomic mass is 16.5. The Hall–Kier alpha value is -3.87. The zero-order valence-electron chi connectivity index (χ0n) is 19.4. The number of nitrogens with one attached hydrogen (secondary N) is 2. The smallest absolute Gasteiger partial charge is 0.251 e. The number of methoxy groups -OCH3 is 1. The van der Waals surface area contributed by atoms with Crippen LogP contribution in [0.5, 0.6) is 5.75 Å². The number of aryl methyl sites for hydroxylation is 1. The van der Waals surface area contributed by atoms with Crippen LogP contribution >= 0.6 is 0 Å². The minimum absolute atomic E-state index is 0.0384. The third-order valence-electron chi connectivity index (χ3n) is 6.21. The monoisotopic (exact) mass is 456 g/mol. The van der Waals surface area contributed by atoms with Crippen molar-refractivity contribution < 1.29 is 14.3 Å². The summed E-state index contributed by atoms with van der Waals surface area (Å²) in [6, 6.07) is 12.0. The topological polar surface area (TPSA) is 110 Å². The molecule has 7 heteroatoms. The molecule has 4 N–H and O–H groups in total. The highest BCUT2D eigenvalue weighted by molar-refractivity contribution is 6.17. The number of fused-ring (bicyclic) bond motifs is 3. The van der Waals surface area contributed by atoms with Crippen LogP contribution in [-0.4, -0.2) is 35.3 Å². The molecule has 0 aliphatic heterocycles. The van der Waals surface area contributed by atoms with Crippen LogP contribution in [0, 0.1) is 12.8 Å². The molecule has 6 rings (SSSR count). The molecule has 2 aliphatic carbocycles. The zero-order chi connectivity index (χ0) is 23.8. The number of nitrogens with two attached hydrogens (primary N) is 1. The number of carbonyl (C=O) groups excluding carboxylic acids is 2. The van der Waals surface area contributed by atoms with Gasteiger partial charge >= 0.3 is 0 Å². The van der Waals surface area contributed by atoms with Gasteiger partial charge in [-0.25, -0.2) is 4.98 Å². The Morgan fingerprint density at radius 2 is 2.00 bits per heavy atom. The SMILES string of the molecule is COc1c(N)cc(-c2cccc(C(=O)NC3CC3)c2)c2c1[nH]c1ncc(C)cc12.O=CC1CC1. The molecule has 2 aromatic carbocycles. The predicted molar refractivity (Wildman–Crippen MR) is 134 cm³/mol. The van der Waals surface area contributed by atoms with Crippen molar-refractivity contribution in [1.29, 1.82) is 0 Å². The van der Waals surface area contributed by atoms with E-state index in [9.17, 15) is 9.59 Å². The number of rotatable bonds is 5. The first kappa shape index (κ1) is 21.9. The van der Waals surface area contributed by atoms with Crippen LogP contribution < -0.4 is 15.8 Å². The molecule has 4 aromatic rings. The van der Waals surface area contributed by atoms with Crippen molar-refractivity contribution in [3.05, 3.63) is 53.7 Å². The summed E-state index contributed by atoms with van der Waals surface area (Å²) in [4.78, 5) is 30.0. The van der Waals surface area contributed by atoms with E-state index in [1.807, 2.05) is 43.5 Å². The van der Waals surface area contributed by atoms with E-state index in [0.29, 0.717) is 29.0 Å². The number of aromatic nitrogens is 2. The van der Waals surface area contributed by atoms with Gasteiger partial charge in [0.25, 0.3) is 5.91 Å².